The zero-order valence-electron chi connectivity index (χ0n) is 16.7. The van der Waals surface area contributed by atoms with E-state index in [4.69, 9.17) is 0 Å². The van der Waals surface area contributed by atoms with Gasteiger partial charge in [-0.1, -0.05) is 25.1 Å². The lowest BCUT2D eigenvalue weighted by molar-refractivity contribution is -0.126. The largest absolute Gasteiger partial charge is 0.506 e. The van der Waals surface area contributed by atoms with Crippen molar-refractivity contribution in [1.29, 1.82) is 0 Å². The Bertz CT molecular complexity index is 907. The topological polar surface area (TPSA) is 116 Å². The van der Waals surface area contributed by atoms with Crippen molar-refractivity contribution in [2.45, 2.75) is 32.7 Å². The molecule has 152 valence electrons. The quantitative estimate of drug-likeness (QED) is 0.343. The number of phenolic OH excluding ortho intramolecular Hbond substituents is 1. The van der Waals surface area contributed by atoms with Crippen LogP contribution in [0.25, 0.3) is 0 Å². The lowest BCUT2D eigenvalue weighted by atomic mass is 10.0. The van der Waals surface area contributed by atoms with Crippen molar-refractivity contribution in [2.24, 2.45) is 15.3 Å². The molecule has 0 aliphatic heterocycles. The summed E-state index contributed by atoms with van der Waals surface area (Å²) in [5, 5.41) is 24.9. The monoisotopic (exact) mass is 395 g/mol. The molecule has 0 heterocycles. The highest BCUT2D eigenvalue weighted by molar-refractivity contribution is 5.88. The van der Waals surface area contributed by atoms with Crippen molar-refractivity contribution in [3.05, 3.63) is 53.6 Å². The van der Waals surface area contributed by atoms with Crippen molar-refractivity contribution in [1.82, 2.24) is 10.7 Å². The van der Waals surface area contributed by atoms with Crippen LogP contribution in [0.3, 0.4) is 0 Å². The molecule has 0 aliphatic carbocycles. The molecule has 8 heteroatoms. The van der Waals surface area contributed by atoms with Gasteiger partial charge in [-0.3, -0.25) is 9.59 Å². The molecule has 1 atom stereocenters. The molecule has 2 aromatic carbocycles. The molecule has 3 N–H and O–H groups in total. The van der Waals surface area contributed by atoms with Gasteiger partial charge in [0.05, 0.1) is 17.9 Å². The first-order valence-corrected chi connectivity index (χ1v) is 9.26. The number of amides is 1. The number of phenols is 1. The van der Waals surface area contributed by atoms with Gasteiger partial charge in [0.15, 0.2) is 5.78 Å². The normalized spacial score (nSPS) is 12.2. The maximum atomic E-state index is 12.1. The zero-order chi connectivity index (χ0) is 21.2. The lowest BCUT2D eigenvalue weighted by Crippen LogP contribution is -2.41. The first kappa shape index (κ1) is 21.7. The third kappa shape index (κ3) is 6.84. The molecule has 0 aliphatic rings. The van der Waals surface area contributed by atoms with E-state index in [1.807, 2.05) is 12.1 Å². The summed E-state index contributed by atoms with van der Waals surface area (Å²) >= 11 is 0. The van der Waals surface area contributed by atoms with E-state index in [0.29, 0.717) is 18.5 Å². The number of nitrogens with one attached hydrogen (secondary N) is 2. The number of hydrazone groups is 1. The van der Waals surface area contributed by atoms with Gasteiger partial charge in [0.1, 0.15) is 11.4 Å². The molecule has 0 spiro atoms. The maximum absolute atomic E-state index is 12.1. The van der Waals surface area contributed by atoms with Gasteiger partial charge in [-0.15, -0.1) is 5.11 Å². The SMILES string of the molecule is CCC(=O)[C@H](Cc1ccc(O)c(N=Nc2ccc(/C=N\NC)cc2)c1)NC(C)=O. The van der Waals surface area contributed by atoms with Crippen molar-refractivity contribution >= 4 is 29.3 Å². The number of hydrogen-bond donors (Lipinski definition) is 3. The van der Waals surface area contributed by atoms with Crippen LogP contribution in [-0.4, -0.2) is 36.1 Å². The summed E-state index contributed by atoms with van der Waals surface area (Å²) in [5.41, 5.74) is 5.25. The molecule has 8 nitrogen and oxygen atoms in total. The van der Waals surface area contributed by atoms with Crippen LogP contribution in [-0.2, 0) is 16.0 Å². The molecule has 0 radical (unpaired) electrons. The second kappa shape index (κ2) is 10.7. The van der Waals surface area contributed by atoms with Crippen LogP contribution in [0.2, 0.25) is 0 Å². The number of rotatable bonds is 9. The van der Waals surface area contributed by atoms with Crippen LogP contribution in [0, 0.1) is 0 Å². The number of ketones is 1. The van der Waals surface area contributed by atoms with Gasteiger partial charge in [0, 0.05) is 20.4 Å². The highest BCUT2D eigenvalue weighted by atomic mass is 16.3. The minimum absolute atomic E-state index is 0.0202. The van der Waals surface area contributed by atoms with Gasteiger partial charge in [-0.2, -0.15) is 10.2 Å². The summed E-state index contributed by atoms with van der Waals surface area (Å²) in [7, 11) is 1.72. The standard InChI is InChI=1S/C21H25N5O3/c1-4-20(28)18(24-14(2)27)11-16-7-10-21(29)19(12-16)26-25-17-8-5-15(6-9-17)13-23-22-3/h5-10,12-13,18,22,29H,4,11H2,1-3H3,(H,24,27)/b23-13-,26-25?/t18-/m0/s1. The summed E-state index contributed by atoms with van der Waals surface area (Å²) in [6.45, 7) is 3.13. The second-order valence-electron chi connectivity index (χ2n) is 6.37. The Kier molecular flexibility index (Phi) is 8.02. The van der Waals surface area contributed by atoms with Crippen LogP contribution in [0.1, 0.15) is 31.4 Å². The van der Waals surface area contributed by atoms with Gasteiger partial charge in [-0.25, -0.2) is 0 Å². The van der Waals surface area contributed by atoms with Crippen molar-refractivity contribution in [3.8, 4) is 5.75 Å². The molecular formula is C21H25N5O3. The van der Waals surface area contributed by atoms with Crippen LogP contribution in [0.15, 0.2) is 57.8 Å². The molecular weight excluding hydrogens is 370 g/mol. The summed E-state index contributed by atoms with van der Waals surface area (Å²) < 4.78 is 0. The van der Waals surface area contributed by atoms with Crippen LogP contribution < -0.4 is 10.7 Å². The summed E-state index contributed by atoms with van der Waals surface area (Å²) in [4.78, 5) is 23.5. The van der Waals surface area contributed by atoms with E-state index in [1.54, 1.807) is 44.5 Å². The summed E-state index contributed by atoms with van der Waals surface area (Å²) in [6.07, 6.45) is 2.32. The van der Waals surface area contributed by atoms with E-state index in [9.17, 15) is 14.7 Å². The summed E-state index contributed by atoms with van der Waals surface area (Å²) in [5.74, 6) is -0.342. The van der Waals surface area contributed by atoms with Crippen LogP contribution in [0.5, 0.6) is 5.75 Å². The van der Waals surface area contributed by atoms with E-state index < -0.39 is 6.04 Å². The smallest absolute Gasteiger partial charge is 0.217 e. The fourth-order valence-electron chi connectivity index (χ4n) is 2.63. The van der Waals surface area contributed by atoms with Gasteiger partial charge in [-0.05, 0) is 41.8 Å². The van der Waals surface area contributed by atoms with E-state index in [-0.39, 0.29) is 23.1 Å². The number of Topliss-reactive ketones (excluding diaryl/α,β-unsaturated/α-hetero) is 1. The first-order valence-electron chi connectivity index (χ1n) is 9.26. The Morgan fingerprint density at radius 1 is 1.14 bits per heavy atom. The number of nitrogens with zero attached hydrogens (tertiary/aromatic N) is 3. The molecule has 0 unspecified atom stereocenters. The van der Waals surface area contributed by atoms with E-state index in [0.717, 1.165) is 11.1 Å². The van der Waals surface area contributed by atoms with E-state index in [2.05, 4.69) is 26.1 Å². The molecule has 0 saturated carbocycles. The van der Waals surface area contributed by atoms with Gasteiger partial charge in [0.2, 0.25) is 5.91 Å². The molecule has 0 aromatic heterocycles. The van der Waals surface area contributed by atoms with Gasteiger partial charge >= 0.3 is 0 Å². The fraction of sp³-hybridized carbons (Fsp3) is 0.286. The third-order valence-corrected chi connectivity index (χ3v) is 4.10. The Hall–Kier alpha value is -3.55. The minimum atomic E-state index is -0.612. The second-order valence-corrected chi connectivity index (χ2v) is 6.37. The molecule has 2 rings (SSSR count). The number of hydrogen-bond acceptors (Lipinski definition) is 7. The Labute approximate surface area is 169 Å². The lowest BCUT2D eigenvalue weighted by Gasteiger charge is -2.16. The number of carbonyl (C=O) groups excluding carboxylic acids is 2. The Balaban J connectivity index is 2.17. The highest BCUT2D eigenvalue weighted by Crippen LogP contribution is 2.29. The predicted octanol–water partition coefficient (Wildman–Crippen LogP) is 3.39. The molecule has 1 amide bonds. The first-order chi connectivity index (χ1) is 13.9. The summed E-state index contributed by atoms with van der Waals surface area (Å²) in [6, 6.07) is 11.5. The van der Waals surface area contributed by atoms with Crippen molar-refractivity contribution in [3.63, 3.8) is 0 Å². The number of azo groups is 1. The third-order valence-electron chi connectivity index (χ3n) is 4.10. The predicted molar refractivity (Wildman–Crippen MR) is 112 cm³/mol. The number of benzene rings is 2. The maximum Gasteiger partial charge on any atom is 0.217 e. The number of aromatic hydroxyl groups is 1. The average Bonchev–Trinajstić information content (AvgIpc) is 2.71. The zero-order valence-corrected chi connectivity index (χ0v) is 16.7. The van der Waals surface area contributed by atoms with Crippen molar-refractivity contribution in [2.75, 3.05) is 7.05 Å². The van der Waals surface area contributed by atoms with Crippen LogP contribution in [0.4, 0.5) is 11.4 Å². The van der Waals surface area contributed by atoms with Gasteiger partial charge in [0.25, 0.3) is 0 Å². The highest BCUT2D eigenvalue weighted by Gasteiger charge is 2.18. The van der Waals surface area contributed by atoms with Crippen LogP contribution >= 0.6 is 0 Å². The Morgan fingerprint density at radius 2 is 1.86 bits per heavy atom. The van der Waals surface area contributed by atoms with E-state index >= 15 is 0 Å². The van der Waals surface area contributed by atoms with E-state index in [1.165, 1.54) is 13.0 Å². The number of carbonyl (C=O) groups is 2. The van der Waals surface area contributed by atoms with Crippen molar-refractivity contribution < 1.29 is 14.7 Å². The molecule has 29 heavy (non-hydrogen) atoms. The molecule has 0 fully saturated rings. The molecule has 0 bridgehead atoms. The molecule has 2 aromatic rings. The van der Waals surface area contributed by atoms with Gasteiger partial charge < -0.3 is 15.8 Å². The fourth-order valence-corrected chi connectivity index (χ4v) is 2.63. The minimum Gasteiger partial charge on any atom is -0.506 e. The molecule has 0 saturated heterocycles. The average molecular weight is 395 g/mol. The Morgan fingerprint density at radius 3 is 2.48 bits per heavy atom.